The maximum absolute atomic E-state index is 12.5. The highest BCUT2D eigenvalue weighted by Gasteiger charge is 2.40. The molecule has 0 bridgehead atoms. The maximum Gasteiger partial charge on any atom is 0.245 e. The van der Waals surface area contributed by atoms with Crippen LogP contribution < -0.4 is 10.6 Å². The van der Waals surface area contributed by atoms with Crippen molar-refractivity contribution < 1.29 is 9.59 Å². The molecule has 5 nitrogen and oxygen atoms in total. The second-order valence-electron chi connectivity index (χ2n) is 6.11. The van der Waals surface area contributed by atoms with Gasteiger partial charge in [0.1, 0.15) is 5.54 Å². The normalized spacial score (nSPS) is 27.6. The molecule has 0 saturated carbocycles. The lowest BCUT2D eigenvalue weighted by atomic mass is 9.93. The highest BCUT2D eigenvalue weighted by molar-refractivity contribution is 5.91. The Labute approximate surface area is 115 Å². The molecule has 0 radical (unpaired) electrons. The van der Waals surface area contributed by atoms with Crippen LogP contribution in [0, 0.1) is 5.92 Å². The van der Waals surface area contributed by atoms with Crippen LogP contribution in [0.5, 0.6) is 0 Å². The van der Waals surface area contributed by atoms with Crippen LogP contribution in [0.4, 0.5) is 0 Å². The van der Waals surface area contributed by atoms with Crippen LogP contribution in [0.1, 0.15) is 39.5 Å². The van der Waals surface area contributed by atoms with E-state index in [0.29, 0.717) is 25.4 Å². The Morgan fingerprint density at radius 3 is 2.89 bits per heavy atom. The van der Waals surface area contributed by atoms with Gasteiger partial charge in [0.2, 0.25) is 11.8 Å². The molecule has 2 rings (SSSR count). The first kappa shape index (κ1) is 14.3. The molecule has 2 amide bonds. The fourth-order valence-electron chi connectivity index (χ4n) is 2.99. The van der Waals surface area contributed by atoms with Gasteiger partial charge in [0.25, 0.3) is 0 Å². The van der Waals surface area contributed by atoms with E-state index >= 15 is 0 Å². The summed E-state index contributed by atoms with van der Waals surface area (Å²) in [5, 5.41) is 6.19. The summed E-state index contributed by atoms with van der Waals surface area (Å²) < 4.78 is 0. The van der Waals surface area contributed by atoms with Crippen molar-refractivity contribution in [3.05, 3.63) is 0 Å². The summed E-state index contributed by atoms with van der Waals surface area (Å²) >= 11 is 0. The van der Waals surface area contributed by atoms with Crippen molar-refractivity contribution in [1.29, 1.82) is 0 Å². The number of hydrogen-bond acceptors (Lipinski definition) is 3. The van der Waals surface area contributed by atoms with Gasteiger partial charge in [-0.3, -0.25) is 9.59 Å². The molecule has 2 N–H and O–H groups in total. The second-order valence-corrected chi connectivity index (χ2v) is 6.11. The Hall–Kier alpha value is -1.10. The summed E-state index contributed by atoms with van der Waals surface area (Å²) in [5.41, 5.74) is -0.710. The Kier molecular flexibility index (Phi) is 4.45. The Morgan fingerprint density at radius 1 is 1.32 bits per heavy atom. The van der Waals surface area contributed by atoms with E-state index in [4.69, 9.17) is 0 Å². The number of rotatable bonds is 2. The SMILES string of the molecule is CC1(C)C(=O)NCCN1C(=O)CC1CCCNCC1. The van der Waals surface area contributed by atoms with Crippen molar-refractivity contribution in [2.45, 2.75) is 45.1 Å². The van der Waals surface area contributed by atoms with Crippen molar-refractivity contribution in [2.75, 3.05) is 26.2 Å². The number of nitrogens with zero attached hydrogens (tertiary/aromatic N) is 1. The van der Waals surface area contributed by atoms with Gasteiger partial charge in [0, 0.05) is 19.5 Å². The fraction of sp³-hybridized carbons (Fsp3) is 0.857. The summed E-state index contributed by atoms with van der Waals surface area (Å²) in [6.07, 6.45) is 3.89. The van der Waals surface area contributed by atoms with E-state index in [1.807, 2.05) is 13.8 Å². The van der Waals surface area contributed by atoms with Gasteiger partial charge in [-0.1, -0.05) is 0 Å². The van der Waals surface area contributed by atoms with Gasteiger partial charge in [-0.25, -0.2) is 0 Å². The second kappa shape index (κ2) is 5.90. The highest BCUT2D eigenvalue weighted by Crippen LogP contribution is 2.23. The van der Waals surface area contributed by atoms with Crippen LogP contribution in [-0.4, -0.2) is 48.4 Å². The van der Waals surface area contributed by atoms with Gasteiger partial charge in [-0.05, 0) is 52.1 Å². The first-order valence-electron chi connectivity index (χ1n) is 7.31. The van der Waals surface area contributed by atoms with Gasteiger partial charge >= 0.3 is 0 Å². The lowest BCUT2D eigenvalue weighted by Gasteiger charge is -2.41. The molecule has 1 unspecified atom stereocenters. The molecule has 1 atom stereocenters. The molecule has 2 saturated heterocycles. The molecule has 2 aliphatic heterocycles. The quantitative estimate of drug-likeness (QED) is 0.766. The van der Waals surface area contributed by atoms with Crippen LogP contribution in [0.15, 0.2) is 0 Å². The topological polar surface area (TPSA) is 61.4 Å². The smallest absolute Gasteiger partial charge is 0.245 e. The molecule has 0 spiro atoms. The lowest BCUT2D eigenvalue weighted by molar-refractivity contribution is -0.149. The zero-order valence-corrected chi connectivity index (χ0v) is 12.0. The zero-order chi connectivity index (χ0) is 13.9. The van der Waals surface area contributed by atoms with Crippen molar-refractivity contribution in [3.63, 3.8) is 0 Å². The predicted octanol–water partition coefficient (Wildman–Crippen LogP) is 0.503. The summed E-state index contributed by atoms with van der Waals surface area (Å²) in [6.45, 7) is 6.91. The monoisotopic (exact) mass is 267 g/mol. The van der Waals surface area contributed by atoms with Crippen molar-refractivity contribution in [2.24, 2.45) is 5.92 Å². The number of amides is 2. The molecule has 2 fully saturated rings. The van der Waals surface area contributed by atoms with Crippen molar-refractivity contribution >= 4 is 11.8 Å². The fourth-order valence-corrected chi connectivity index (χ4v) is 2.99. The molecular formula is C14H25N3O2. The van der Waals surface area contributed by atoms with Gasteiger partial charge < -0.3 is 15.5 Å². The number of carbonyl (C=O) groups is 2. The third kappa shape index (κ3) is 3.26. The summed E-state index contributed by atoms with van der Waals surface area (Å²) in [4.78, 5) is 26.1. The Morgan fingerprint density at radius 2 is 2.11 bits per heavy atom. The van der Waals surface area contributed by atoms with E-state index in [2.05, 4.69) is 10.6 Å². The standard InChI is InChI=1S/C14H25N3O2/c1-14(2)13(19)16-8-9-17(14)12(18)10-11-4-3-6-15-7-5-11/h11,15H,3-10H2,1-2H3,(H,16,19). The molecule has 0 aromatic carbocycles. The third-order valence-electron chi connectivity index (χ3n) is 4.31. The van der Waals surface area contributed by atoms with E-state index in [1.165, 1.54) is 0 Å². The third-order valence-corrected chi connectivity index (χ3v) is 4.31. The number of hydrogen-bond donors (Lipinski definition) is 2. The molecule has 0 aliphatic carbocycles. The molecule has 108 valence electrons. The first-order valence-corrected chi connectivity index (χ1v) is 7.31. The average Bonchev–Trinajstić information content (AvgIpc) is 2.61. The van der Waals surface area contributed by atoms with Gasteiger partial charge in [0.15, 0.2) is 0 Å². The maximum atomic E-state index is 12.5. The Balaban J connectivity index is 1.96. The van der Waals surface area contributed by atoms with Crippen LogP contribution in [0.3, 0.4) is 0 Å². The highest BCUT2D eigenvalue weighted by atomic mass is 16.2. The van der Waals surface area contributed by atoms with Crippen LogP contribution in [-0.2, 0) is 9.59 Å². The van der Waals surface area contributed by atoms with E-state index in [9.17, 15) is 9.59 Å². The summed E-state index contributed by atoms with van der Waals surface area (Å²) in [6, 6.07) is 0. The summed E-state index contributed by atoms with van der Waals surface area (Å²) in [5.74, 6) is 0.546. The van der Waals surface area contributed by atoms with Crippen LogP contribution in [0.2, 0.25) is 0 Å². The zero-order valence-electron chi connectivity index (χ0n) is 12.0. The van der Waals surface area contributed by atoms with Crippen molar-refractivity contribution in [3.8, 4) is 0 Å². The number of nitrogens with one attached hydrogen (secondary N) is 2. The molecule has 5 heteroatoms. The van der Waals surface area contributed by atoms with Gasteiger partial charge in [0.05, 0.1) is 0 Å². The number of carbonyl (C=O) groups excluding carboxylic acids is 2. The molecule has 0 aromatic heterocycles. The molecule has 0 aromatic rings. The molecule has 2 aliphatic rings. The van der Waals surface area contributed by atoms with Crippen LogP contribution in [0.25, 0.3) is 0 Å². The minimum absolute atomic E-state index is 0.0466. The predicted molar refractivity (Wildman–Crippen MR) is 73.6 cm³/mol. The van der Waals surface area contributed by atoms with E-state index in [1.54, 1.807) is 4.90 Å². The molecule has 19 heavy (non-hydrogen) atoms. The van der Waals surface area contributed by atoms with Gasteiger partial charge in [-0.15, -0.1) is 0 Å². The van der Waals surface area contributed by atoms with E-state index in [-0.39, 0.29) is 11.8 Å². The summed E-state index contributed by atoms with van der Waals surface area (Å²) in [7, 11) is 0. The minimum atomic E-state index is -0.710. The average molecular weight is 267 g/mol. The lowest BCUT2D eigenvalue weighted by Crippen LogP contribution is -2.63. The number of piperazine rings is 1. The van der Waals surface area contributed by atoms with Gasteiger partial charge in [-0.2, -0.15) is 0 Å². The molecular weight excluding hydrogens is 242 g/mol. The van der Waals surface area contributed by atoms with E-state index in [0.717, 1.165) is 32.4 Å². The van der Waals surface area contributed by atoms with Crippen LogP contribution >= 0.6 is 0 Å². The Bertz CT molecular complexity index is 347. The first-order chi connectivity index (χ1) is 9.01. The van der Waals surface area contributed by atoms with E-state index < -0.39 is 5.54 Å². The minimum Gasteiger partial charge on any atom is -0.352 e. The largest absolute Gasteiger partial charge is 0.352 e. The van der Waals surface area contributed by atoms with Crippen molar-refractivity contribution in [1.82, 2.24) is 15.5 Å². The molecule has 2 heterocycles.